The van der Waals surface area contributed by atoms with Crippen LogP contribution in [0, 0.1) is 0 Å². The van der Waals surface area contributed by atoms with Gasteiger partial charge in [0.15, 0.2) is 5.96 Å². The topological polar surface area (TPSA) is 42.9 Å². The smallest absolute Gasteiger partial charge is 0.191 e. The summed E-state index contributed by atoms with van der Waals surface area (Å²) < 4.78 is 0. The van der Waals surface area contributed by atoms with E-state index in [4.69, 9.17) is 0 Å². The summed E-state index contributed by atoms with van der Waals surface area (Å²) in [6, 6.07) is 9.69. The second kappa shape index (κ2) is 7.99. The SMILES string of the molecule is CCc1ccc(C(C)NC(=NC)NCC2CN3CCN2CC3)cc1. The fourth-order valence-electron chi connectivity index (χ4n) is 3.66. The van der Waals surface area contributed by atoms with Gasteiger partial charge in [-0.2, -0.15) is 0 Å². The minimum atomic E-state index is 0.244. The molecule has 5 nitrogen and oxygen atoms in total. The van der Waals surface area contributed by atoms with Gasteiger partial charge in [-0.1, -0.05) is 31.2 Å². The highest BCUT2D eigenvalue weighted by Gasteiger charge is 2.31. The number of piperazine rings is 3. The standard InChI is InChI=1S/C19H31N5/c1-4-16-5-7-17(8-6-16)15(2)22-19(20-3)21-13-18-14-23-9-11-24(18)12-10-23/h5-8,15,18H,4,9-14H2,1-3H3,(H2,20,21,22). The summed E-state index contributed by atoms with van der Waals surface area (Å²) in [6.45, 7) is 11.4. The van der Waals surface area contributed by atoms with Gasteiger partial charge in [0.05, 0.1) is 6.04 Å². The van der Waals surface area contributed by atoms with Crippen molar-refractivity contribution in [3.63, 3.8) is 0 Å². The van der Waals surface area contributed by atoms with Crippen molar-refractivity contribution in [1.82, 2.24) is 20.4 Å². The lowest BCUT2D eigenvalue weighted by atomic mass is 10.1. The lowest BCUT2D eigenvalue weighted by molar-refractivity contribution is 0.0154. The van der Waals surface area contributed by atoms with E-state index in [0.717, 1.165) is 18.9 Å². The maximum absolute atomic E-state index is 4.40. The Morgan fingerprint density at radius 2 is 1.92 bits per heavy atom. The Morgan fingerprint density at radius 3 is 2.46 bits per heavy atom. The fraction of sp³-hybridized carbons (Fsp3) is 0.632. The zero-order valence-corrected chi connectivity index (χ0v) is 15.3. The van der Waals surface area contributed by atoms with Crippen molar-refractivity contribution in [1.29, 1.82) is 0 Å². The van der Waals surface area contributed by atoms with Crippen molar-refractivity contribution in [3.05, 3.63) is 35.4 Å². The van der Waals surface area contributed by atoms with Crippen LogP contribution >= 0.6 is 0 Å². The summed E-state index contributed by atoms with van der Waals surface area (Å²) >= 11 is 0. The Kier molecular flexibility index (Phi) is 5.74. The molecule has 2 bridgehead atoms. The molecule has 1 aromatic rings. The summed E-state index contributed by atoms with van der Waals surface area (Å²) in [4.78, 5) is 9.57. The van der Waals surface area contributed by atoms with E-state index in [2.05, 4.69) is 63.5 Å². The van der Waals surface area contributed by atoms with Crippen LogP contribution in [-0.2, 0) is 6.42 Å². The van der Waals surface area contributed by atoms with E-state index >= 15 is 0 Å². The van der Waals surface area contributed by atoms with Gasteiger partial charge in [-0.3, -0.25) is 14.8 Å². The first-order chi connectivity index (χ1) is 11.7. The van der Waals surface area contributed by atoms with Gasteiger partial charge in [0.25, 0.3) is 0 Å². The van der Waals surface area contributed by atoms with Gasteiger partial charge < -0.3 is 10.6 Å². The van der Waals surface area contributed by atoms with E-state index < -0.39 is 0 Å². The average Bonchev–Trinajstić information content (AvgIpc) is 2.66. The molecule has 3 aliphatic heterocycles. The van der Waals surface area contributed by atoms with Crippen molar-refractivity contribution >= 4 is 5.96 Å². The van der Waals surface area contributed by atoms with Crippen LogP contribution in [0.2, 0.25) is 0 Å². The number of nitrogens with zero attached hydrogens (tertiary/aromatic N) is 3. The van der Waals surface area contributed by atoms with Crippen LogP contribution in [0.1, 0.15) is 31.0 Å². The zero-order chi connectivity index (χ0) is 16.9. The number of rotatable bonds is 5. The Morgan fingerprint density at radius 1 is 1.21 bits per heavy atom. The highest BCUT2D eigenvalue weighted by atomic mass is 15.4. The van der Waals surface area contributed by atoms with E-state index in [0.29, 0.717) is 6.04 Å². The Bertz CT molecular complexity index is 545. The van der Waals surface area contributed by atoms with Crippen molar-refractivity contribution in [2.45, 2.75) is 32.4 Å². The molecule has 2 unspecified atom stereocenters. The van der Waals surface area contributed by atoms with Crippen LogP contribution in [0.5, 0.6) is 0 Å². The van der Waals surface area contributed by atoms with Gasteiger partial charge in [-0.15, -0.1) is 0 Å². The molecular weight excluding hydrogens is 298 g/mol. The molecule has 24 heavy (non-hydrogen) atoms. The molecule has 2 atom stereocenters. The molecule has 3 aliphatic rings. The first-order valence-corrected chi connectivity index (χ1v) is 9.22. The molecule has 0 aromatic heterocycles. The number of hydrogen-bond donors (Lipinski definition) is 2. The Hall–Kier alpha value is -1.59. The average molecular weight is 329 g/mol. The van der Waals surface area contributed by atoms with Crippen molar-refractivity contribution in [2.75, 3.05) is 46.3 Å². The van der Waals surface area contributed by atoms with Crippen LogP contribution in [0.25, 0.3) is 0 Å². The third-order valence-electron chi connectivity index (χ3n) is 5.36. The van der Waals surface area contributed by atoms with E-state index in [9.17, 15) is 0 Å². The third kappa shape index (κ3) is 4.08. The Labute approximate surface area is 146 Å². The van der Waals surface area contributed by atoms with Crippen LogP contribution < -0.4 is 10.6 Å². The van der Waals surface area contributed by atoms with Crippen molar-refractivity contribution in [2.24, 2.45) is 4.99 Å². The maximum atomic E-state index is 4.40. The van der Waals surface area contributed by atoms with E-state index in [1.807, 2.05) is 7.05 Å². The molecule has 3 fully saturated rings. The van der Waals surface area contributed by atoms with Crippen molar-refractivity contribution < 1.29 is 0 Å². The number of guanidine groups is 1. The molecule has 0 aliphatic carbocycles. The lowest BCUT2D eigenvalue weighted by Gasteiger charge is -2.47. The van der Waals surface area contributed by atoms with E-state index in [-0.39, 0.29) is 6.04 Å². The molecule has 2 N–H and O–H groups in total. The molecule has 5 heteroatoms. The number of aliphatic imine (C=N–C) groups is 1. The van der Waals surface area contributed by atoms with Crippen LogP contribution in [0.3, 0.4) is 0 Å². The first-order valence-electron chi connectivity index (χ1n) is 9.22. The largest absolute Gasteiger partial charge is 0.355 e. The summed E-state index contributed by atoms with van der Waals surface area (Å²) in [5.41, 5.74) is 2.67. The van der Waals surface area contributed by atoms with Gasteiger partial charge in [0, 0.05) is 52.4 Å². The molecule has 3 heterocycles. The van der Waals surface area contributed by atoms with Gasteiger partial charge in [0.1, 0.15) is 0 Å². The van der Waals surface area contributed by atoms with Crippen molar-refractivity contribution in [3.8, 4) is 0 Å². The van der Waals surface area contributed by atoms with Gasteiger partial charge in [-0.25, -0.2) is 0 Å². The second-order valence-electron chi connectivity index (χ2n) is 6.90. The predicted octanol–water partition coefficient (Wildman–Crippen LogP) is 1.47. The summed E-state index contributed by atoms with van der Waals surface area (Å²) in [5.74, 6) is 0.889. The molecule has 1 aromatic carbocycles. The summed E-state index contributed by atoms with van der Waals surface area (Å²) in [6.07, 6.45) is 1.08. The highest BCUT2D eigenvalue weighted by Crippen LogP contribution is 2.15. The quantitative estimate of drug-likeness (QED) is 0.634. The lowest BCUT2D eigenvalue weighted by Crippen LogP contribution is -2.63. The summed E-state index contributed by atoms with van der Waals surface area (Å²) in [7, 11) is 1.85. The number of benzene rings is 1. The number of nitrogens with one attached hydrogen (secondary N) is 2. The van der Waals surface area contributed by atoms with Crippen LogP contribution in [0.15, 0.2) is 29.3 Å². The number of hydrogen-bond acceptors (Lipinski definition) is 3. The van der Waals surface area contributed by atoms with Gasteiger partial charge in [-0.05, 0) is 24.5 Å². The molecule has 132 valence electrons. The molecule has 0 spiro atoms. The monoisotopic (exact) mass is 329 g/mol. The molecule has 3 saturated heterocycles. The predicted molar refractivity (Wildman–Crippen MR) is 101 cm³/mol. The van der Waals surface area contributed by atoms with E-state index in [1.165, 1.54) is 43.9 Å². The first kappa shape index (κ1) is 17.2. The molecule has 0 saturated carbocycles. The number of aryl methyl sites for hydroxylation is 1. The normalized spacial score (nSPS) is 27.8. The minimum Gasteiger partial charge on any atom is -0.355 e. The van der Waals surface area contributed by atoms with Gasteiger partial charge in [0.2, 0.25) is 0 Å². The molecule has 0 radical (unpaired) electrons. The molecule has 4 rings (SSSR count). The van der Waals surface area contributed by atoms with E-state index in [1.54, 1.807) is 0 Å². The Balaban J connectivity index is 1.50. The second-order valence-corrected chi connectivity index (χ2v) is 6.90. The minimum absolute atomic E-state index is 0.244. The maximum Gasteiger partial charge on any atom is 0.191 e. The fourth-order valence-corrected chi connectivity index (χ4v) is 3.66. The molecule has 0 amide bonds. The molecular formula is C19H31N5. The third-order valence-corrected chi connectivity index (χ3v) is 5.36. The van der Waals surface area contributed by atoms with Gasteiger partial charge >= 0.3 is 0 Å². The summed E-state index contributed by atoms with van der Waals surface area (Å²) in [5, 5.41) is 7.03. The zero-order valence-electron chi connectivity index (χ0n) is 15.3. The van der Waals surface area contributed by atoms with Crippen LogP contribution in [-0.4, -0.2) is 68.1 Å². The number of fused-ring (bicyclic) bond motifs is 3. The van der Waals surface area contributed by atoms with Crippen LogP contribution in [0.4, 0.5) is 0 Å². The highest BCUT2D eigenvalue weighted by molar-refractivity contribution is 5.80.